The quantitative estimate of drug-likeness (QED) is 0.263. The number of aliphatic carboxylic acids is 1. The van der Waals surface area contributed by atoms with Crippen molar-refractivity contribution in [1.29, 1.82) is 0 Å². The highest BCUT2D eigenvalue weighted by molar-refractivity contribution is 7.15. The van der Waals surface area contributed by atoms with Gasteiger partial charge >= 0.3 is 5.97 Å². The zero-order chi connectivity index (χ0) is 27.8. The van der Waals surface area contributed by atoms with E-state index in [2.05, 4.69) is 28.5 Å². The summed E-state index contributed by atoms with van der Waals surface area (Å²) in [5, 5.41) is 23.5. The van der Waals surface area contributed by atoms with Crippen molar-refractivity contribution in [2.24, 2.45) is 4.99 Å². The Morgan fingerprint density at radius 1 is 1.07 bits per heavy atom. The lowest BCUT2D eigenvalue weighted by molar-refractivity contribution is -0.137. The normalized spacial score (nSPS) is 12.5. The predicted molar refractivity (Wildman–Crippen MR) is 155 cm³/mol. The van der Waals surface area contributed by atoms with Crippen molar-refractivity contribution in [3.05, 3.63) is 99.0 Å². The molecule has 4 heterocycles. The number of nitrogens with one attached hydrogen (secondary N) is 1. The van der Waals surface area contributed by atoms with Crippen LogP contribution in [0.15, 0.2) is 65.7 Å². The maximum absolute atomic E-state index is 13.4. The predicted octanol–water partition coefficient (Wildman–Crippen LogP) is 5.26. The van der Waals surface area contributed by atoms with Gasteiger partial charge < -0.3 is 15.0 Å². The third-order valence-corrected chi connectivity index (χ3v) is 8.47. The Morgan fingerprint density at radius 3 is 2.67 bits per heavy atom. The lowest BCUT2D eigenvalue weighted by Crippen LogP contribution is -2.27. The van der Waals surface area contributed by atoms with Gasteiger partial charge in [0.15, 0.2) is 11.6 Å². The molecule has 202 valence electrons. The molecule has 1 aliphatic heterocycles. The number of aryl methyl sites for hydroxylation is 2. The summed E-state index contributed by atoms with van der Waals surface area (Å²) in [5.41, 5.74) is 3.82. The van der Waals surface area contributed by atoms with Crippen LogP contribution < -0.4 is 5.32 Å². The first-order valence-corrected chi connectivity index (χ1v) is 14.1. The molecule has 0 saturated heterocycles. The van der Waals surface area contributed by atoms with Gasteiger partial charge in [0, 0.05) is 38.5 Å². The van der Waals surface area contributed by atoms with Crippen LogP contribution in [0, 0.1) is 0 Å². The molecular weight excluding hydrogens is 548 g/mol. The number of carboxylic acid groups (broad SMARTS) is 1. The Bertz CT molecular complexity index is 1800. The summed E-state index contributed by atoms with van der Waals surface area (Å²) in [6.07, 6.45) is 0.767. The van der Waals surface area contributed by atoms with Crippen molar-refractivity contribution in [3.8, 4) is 5.00 Å². The van der Waals surface area contributed by atoms with Crippen molar-refractivity contribution < 1.29 is 14.7 Å². The van der Waals surface area contributed by atoms with E-state index in [1.807, 2.05) is 53.1 Å². The zero-order valence-corrected chi connectivity index (χ0v) is 23.2. The molecule has 0 aliphatic carbocycles. The van der Waals surface area contributed by atoms with Gasteiger partial charge in [0.05, 0.1) is 18.7 Å². The molecule has 0 radical (unpaired) electrons. The molecule has 11 heteroatoms. The van der Waals surface area contributed by atoms with Crippen molar-refractivity contribution in [2.45, 2.75) is 39.4 Å². The number of aliphatic imine (C=N–C) groups is 1. The Hall–Kier alpha value is -4.28. The van der Waals surface area contributed by atoms with Gasteiger partial charge in [-0.15, -0.1) is 21.5 Å². The van der Waals surface area contributed by atoms with E-state index < -0.39 is 5.97 Å². The van der Waals surface area contributed by atoms with Crippen LogP contribution >= 0.6 is 22.9 Å². The highest BCUT2D eigenvalue weighted by atomic mass is 35.5. The minimum Gasteiger partial charge on any atom is -0.481 e. The summed E-state index contributed by atoms with van der Waals surface area (Å²) in [7, 11) is 0. The number of hydrogen-bond donors (Lipinski definition) is 2. The molecule has 9 nitrogen and oxygen atoms in total. The van der Waals surface area contributed by atoms with Crippen LogP contribution in [0.3, 0.4) is 0 Å². The number of halogens is 1. The molecule has 0 saturated carbocycles. The van der Waals surface area contributed by atoms with Crippen LogP contribution in [-0.2, 0) is 30.8 Å². The number of carbonyl (C=O) groups is 2. The number of fused-ring (bicyclic) bond motifs is 4. The second kappa shape index (κ2) is 10.7. The van der Waals surface area contributed by atoms with E-state index in [9.17, 15) is 14.7 Å². The van der Waals surface area contributed by atoms with E-state index in [0.29, 0.717) is 28.9 Å². The number of thiophene rings is 1. The number of benzene rings is 2. The molecule has 6 rings (SSSR count). The monoisotopic (exact) mass is 572 g/mol. The molecule has 3 aromatic heterocycles. The van der Waals surface area contributed by atoms with Gasteiger partial charge in [0.1, 0.15) is 17.2 Å². The smallest absolute Gasteiger partial charge is 0.305 e. The first-order chi connectivity index (χ1) is 19.4. The van der Waals surface area contributed by atoms with E-state index in [-0.39, 0.29) is 25.4 Å². The minimum absolute atomic E-state index is 0.0919. The van der Waals surface area contributed by atoms with Crippen LogP contribution in [0.5, 0.6) is 0 Å². The van der Waals surface area contributed by atoms with Crippen molar-refractivity contribution in [1.82, 2.24) is 24.6 Å². The zero-order valence-electron chi connectivity index (χ0n) is 21.6. The van der Waals surface area contributed by atoms with E-state index in [0.717, 1.165) is 39.2 Å². The second-order valence-corrected chi connectivity index (χ2v) is 10.9. The fourth-order valence-corrected chi connectivity index (χ4v) is 6.32. The maximum atomic E-state index is 13.4. The summed E-state index contributed by atoms with van der Waals surface area (Å²) >= 11 is 8.21. The number of carboxylic acids is 1. The second-order valence-electron chi connectivity index (χ2n) is 9.36. The van der Waals surface area contributed by atoms with Gasteiger partial charge in [-0.1, -0.05) is 54.9 Å². The maximum Gasteiger partial charge on any atom is 0.305 e. The number of hydrogen-bond acceptors (Lipinski definition) is 6. The molecule has 0 spiro atoms. The molecule has 2 N–H and O–H groups in total. The summed E-state index contributed by atoms with van der Waals surface area (Å²) in [4.78, 5) is 30.7. The van der Waals surface area contributed by atoms with Crippen molar-refractivity contribution in [2.75, 3.05) is 0 Å². The molecule has 40 heavy (non-hydrogen) atoms. The summed E-state index contributed by atoms with van der Waals surface area (Å²) in [6.45, 7) is 2.74. The van der Waals surface area contributed by atoms with Gasteiger partial charge in [-0.25, -0.2) is 0 Å². The topological polar surface area (TPSA) is 114 Å². The molecular formula is C29H25ClN6O3S. The Morgan fingerprint density at radius 2 is 1.88 bits per heavy atom. The Kier molecular flexibility index (Phi) is 6.95. The van der Waals surface area contributed by atoms with Crippen molar-refractivity contribution in [3.63, 3.8) is 0 Å². The molecule has 5 aromatic rings. The van der Waals surface area contributed by atoms with Crippen LogP contribution in [0.4, 0.5) is 0 Å². The Balaban J connectivity index is 1.33. The minimum atomic E-state index is -0.924. The van der Waals surface area contributed by atoms with E-state index in [1.165, 1.54) is 4.88 Å². The highest BCUT2D eigenvalue weighted by Gasteiger charge is 2.27. The third-order valence-electron chi connectivity index (χ3n) is 6.87. The lowest BCUT2D eigenvalue weighted by Gasteiger charge is -2.12. The Labute approximate surface area is 238 Å². The van der Waals surface area contributed by atoms with E-state index in [1.54, 1.807) is 22.0 Å². The molecule has 0 atom stereocenters. The number of amides is 1. The van der Waals surface area contributed by atoms with Crippen molar-refractivity contribution >= 4 is 51.4 Å². The van der Waals surface area contributed by atoms with Crippen LogP contribution in [-0.4, -0.2) is 42.0 Å². The number of nitrogens with zero attached hydrogens (tertiary/aromatic N) is 5. The fraction of sp³-hybridized carbons (Fsp3) is 0.207. The van der Waals surface area contributed by atoms with Gasteiger partial charge in [0.25, 0.3) is 5.91 Å². The van der Waals surface area contributed by atoms with E-state index in [4.69, 9.17) is 16.6 Å². The highest BCUT2D eigenvalue weighted by Crippen LogP contribution is 2.34. The number of carbonyl (C=O) groups excluding carboxylic acids is 1. The van der Waals surface area contributed by atoms with Gasteiger partial charge in [-0.05, 0) is 30.7 Å². The fourth-order valence-electron chi connectivity index (χ4n) is 4.96. The largest absolute Gasteiger partial charge is 0.481 e. The van der Waals surface area contributed by atoms with Crippen LogP contribution in [0.25, 0.3) is 15.9 Å². The summed E-state index contributed by atoms with van der Waals surface area (Å²) in [5.74, 6) is 0.0126. The molecule has 2 aromatic carbocycles. The summed E-state index contributed by atoms with van der Waals surface area (Å²) in [6, 6.07) is 19.1. The van der Waals surface area contributed by atoms with Crippen LogP contribution in [0.2, 0.25) is 5.02 Å². The molecule has 0 unspecified atom stereocenters. The van der Waals surface area contributed by atoms with Gasteiger partial charge in [-0.2, -0.15) is 0 Å². The molecule has 1 amide bonds. The molecule has 0 fully saturated rings. The molecule has 0 bridgehead atoms. The number of aromatic nitrogens is 4. The van der Waals surface area contributed by atoms with Gasteiger partial charge in [-0.3, -0.25) is 19.1 Å². The van der Waals surface area contributed by atoms with Crippen LogP contribution in [0.1, 0.15) is 51.5 Å². The number of rotatable bonds is 8. The number of para-hydroxylation sites is 1. The average molecular weight is 573 g/mol. The standard InChI is InChI=1S/C29H25ClN6O3S/c1-2-18-14-20-27(19-8-4-5-9-21(19)30)31-15-24-33-34-25(36(24)29(20)40-18)16-32-28(39)23-13-17-7-3-6-10-22(17)35(23)12-11-26(37)38/h3-10,13-14H,2,11-12,15-16H2,1H3,(H,32,39)(H,37,38). The lowest BCUT2D eigenvalue weighted by atomic mass is 10.0. The summed E-state index contributed by atoms with van der Waals surface area (Å²) < 4.78 is 3.73. The van der Waals surface area contributed by atoms with E-state index >= 15 is 0 Å². The first-order valence-electron chi connectivity index (χ1n) is 12.9. The SMILES string of the molecule is CCc1cc2c(s1)-n1c(nnc1CNC(=O)c1cc3ccccc3n1CCC(=O)O)CN=C2c1ccccc1Cl. The first kappa shape index (κ1) is 26.0. The average Bonchev–Trinajstić information content (AvgIpc) is 3.64. The third kappa shape index (κ3) is 4.69. The van der Waals surface area contributed by atoms with Gasteiger partial charge in [0.2, 0.25) is 0 Å². The molecule has 1 aliphatic rings.